The van der Waals surface area contributed by atoms with Gasteiger partial charge in [-0.3, -0.25) is 4.79 Å². The van der Waals surface area contributed by atoms with E-state index >= 15 is 0 Å². The Morgan fingerprint density at radius 1 is 1.38 bits per heavy atom. The van der Waals surface area contributed by atoms with Gasteiger partial charge in [0.15, 0.2) is 6.10 Å². The third-order valence-electron chi connectivity index (χ3n) is 3.44. The molecule has 1 atom stereocenters. The summed E-state index contributed by atoms with van der Waals surface area (Å²) < 4.78 is 18.2. The molecule has 0 saturated carbocycles. The molecule has 0 spiro atoms. The van der Waals surface area contributed by atoms with Crippen molar-refractivity contribution in [3.05, 3.63) is 50.4 Å². The van der Waals surface area contributed by atoms with Crippen molar-refractivity contribution in [3.63, 3.8) is 0 Å². The van der Waals surface area contributed by atoms with Crippen LogP contribution >= 0.6 is 22.9 Å². The lowest BCUT2D eigenvalue weighted by molar-refractivity contribution is -0.123. The molecule has 0 aliphatic carbocycles. The predicted molar refractivity (Wildman–Crippen MR) is 93.4 cm³/mol. The zero-order chi connectivity index (χ0) is 17.9. The molecule has 128 valence electrons. The Morgan fingerprint density at radius 3 is 2.67 bits per heavy atom. The number of benzene rings is 1. The Morgan fingerprint density at radius 2 is 2.08 bits per heavy atom. The maximum atomic E-state index is 13.0. The van der Waals surface area contributed by atoms with Crippen LogP contribution in [0, 0.1) is 12.7 Å². The fourth-order valence-corrected chi connectivity index (χ4v) is 3.28. The third-order valence-corrected chi connectivity index (χ3v) is 4.83. The second kappa shape index (κ2) is 7.77. The summed E-state index contributed by atoms with van der Waals surface area (Å²) in [5.41, 5.74) is 1.34. The zero-order valence-corrected chi connectivity index (χ0v) is 15.1. The number of hydrogen-bond acceptors (Lipinski definition) is 4. The lowest BCUT2D eigenvalue weighted by Crippen LogP contribution is -2.29. The van der Waals surface area contributed by atoms with E-state index in [0.717, 1.165) is 22.9 Å². The normalized spacial score (nSPS) is 11.9. The van der Waals surface area contributed by atoms with Crippen LogP contribution < -0.4 is 5.32 Å². The van der Waals surface area contributed by atoms with Crippen LogP contribution in [0.15, 0.2) is 24.3 Å². The van der Waals surface area contributed by atoms with Gasteiger partial charge in [0, 0.05) is 4.88 Å². The number of carbonyl (C=O) groups is 2. The number of thiophene rings is 1. The molecule has 0 aliphatic rings. The molecule has 2 aromatic rings. The first-order valence-corrected chi connectivity index (χ1v) is 8.57. The summed E-state index contributed by atoms with van der Waals surface area (Å²) >= 11 is 7.19. The molecule has 0 fully saturated rings. The molecule has 2 rings (SSSR count). The van der Waals surface area contributed by atoms with Crippen molar-refractivity contribution in [1.82, 2.24) is 0 Å². The van der Waals surface area contributed by atoms with Crippen LogP contribution in [0.1, 0.15) is 34.0 Å². The van der Waals surface area contributed by atoms with Crippen LogP contribution in [0.5, 0.6) is 0 Å². The maximum Gasteiger partial charge on any atom is 0.349 e. The van der Waals surface area contributed by atoms with E-state index in [2.05, 4.69) is 5.32 Å². The maximum absolute atomic E-state index is 13.0. The number of hydrogen-bond donors (Lipinski definition) is 1. The fraction of sp³-hybridized carbons (Fsp3) is 0.294. The number of anilines is 1. The van der Waals surface area contributed by atoms with E-state index in [1.165, 1.54) is 30.4 Å². The summed E-state index contributed by atoms with van der Waals surface area (Å²) in [7, 11) is 0. The molecular weight excluding hydrogens is 353 g/mol. The number of halogens is 2. The molecule has 1 heterocycles. The van der Waals surface area contributed by atoms with E-state index < -0.39 is 23.8 Å². The Balaban J connectivity index is 2.01. The van der Waals surface area contributed by atoms with Crippen molar-refractivity contribution in [2.45, 2.75) is 33.3 Å². The average molecular weight is 370 g/mol. The zero-order valence-electron chi connectivity index (χ0n) is 13.5. The van der Waals surface area contributed by atoms with Crippen molar-refractivity contribution in [2.24, 2.45) is 0 Å². The first-order valence-electron chi connectivity index (χ1n) is 7.38. The highest BCUT2D eigenvalue weighted by Crippen LogP contribution is 2.24. The van der Waals surface area contributed by atoms with Crippen molar-refractivity contribution < 1.29 is 18.7 Å². The lowest BCUT2D eigenvalue weighted by Gasteiger charge is -2.13. The SMILES string of the molecule is CCc1cc(C(=O)OC(C)C(=O)Nc2ccc(F)cc2Cl)sc1C. The van der Waals surface area contributed by atoms with Crippen LogP contribution in [0.3, 0.4) is 0 Å². The van der Waals surface area contributed by atoms with Gasteiger partial charge in [0.2, 0.25) is 0 Å². The number of amides is 1. The van der Waals surface area contributed by atoms with E-state index in [9.17, 15) is 14.0 Å². The van der Waals surface area contributed by atoms with Gasteiger partial charge in [0.05, 0.1) is 10.7 Å². The van der Waals surface area contributed by atoms with Gasteiger partial charge in [-0.25, -0.2) is 9.18 Å². The fourth-order valence-electron chi connectivity index (χ4n) is 2.07. The highest BCUT2D eigenvalue weighted by Gasteiger charge is 2.21. The topological polar surface area (TPSA) is 55.4 Å². The summed E-state index contributed by atoms with van der Waals surface area (Å²) in [5.74, 6) is -1.59. The minimum Gasteiger partial charge on any atom is -0.448 e. The number of carbonyl (C=O) groups excluding carboxylic acids is 2. The van der Waals surface area contributed by atoms with Gasteiger partial charge in [-0.1, -0.05) is 18.5 Å². The smallest absolute Gasteiger partial charge is 0.349 e. The molecule has 1 aromatic heterocycles. The largest absolute Gasteiger partial charge is 0.448 e. The van der Waals surface area contributed by atoms with E-state index in [1.54, 1.807) is 6.07 Å². The summed E-state index contributed by atoms with van der Waals surface area (Å²) in [6.07, 6.45) is -0.180. The molecule has 1 unspecified atom stereocenters. The van der Waals surface area contributed by atoms with Crippen LogP contribution in [-0.4, -0.2) is 18.0 Å². The van der Waals surface area contributed by atoms with Gasteiger partial charge in [-0.2, -0.15) is 0 Å². The van der Waals surface area contributed by atoms with Crippen molar-refractivity contribution >= 4 is 40.5 Å². The van der Waals surface area contributed by atoms with Crippen LogP contribution in [0.2, 0.25) is 5.02 Å². The molecule has 4 nitrogen and oxygen atoms in total. The summed E-state index contributed by atoms with van der Waals surface area (Å²) in [4.78, 5) is 25.8. The van der Waals surface area contributed by atoms with Crippen LogP contribution in [-0.2, 0) is 16.0 Å². The summed E-state index contributed by atoms with van der Waals surface area (Å²) in [6, 6.07) is 5.40. The monoisotopic (exact) mass is 369 g/mol. The molecule has 1 amide bonds. The molecule has 7 heteroatoms. The second-order valence-electron chi connectivity index (χ2n) is 5.21. The molecule has 0 aliphatic heterocycles. The minimum atomic E-state index is -1.01. The van der Waals surface area contributed by atoms with Gasteiger partial charge < -0.3 is 10.1 Å². The Bertz CT molecular complexity index is 775. The predicted octanol–water partition coefficient (Wildman–Crippen LogP) is 4.60. The molecule has 1 aromatic carbocycles. The van der Waals surface area contributed by atoms with E-state index in [4.69, 9.17) is 16.3 Å². The molecule has 1 N–H and O–H groups in total. The number of rotatable bonds is 5. The molecule has 0 radical (unpaired) electrons. The van der Waals surface area contributed by atoms with Gasteiger partial charge >= 0.3 is 5.97 Å². The van der Waals surface area contributed by atoms with Gasteiger partial charge in [-0.15, -0.1) is 11.3 Å². The second-order valence-corrected chi connectivity index (χ2v) is 6.87. The number of nitrogens with one attached hydrogen (secondary N) is 1. The Kier molecular flexibility index (Phi) is 5.96. The highest BCUT2D eigenvalue weighted by molar-refractivity contribution is 7.14. The Hall–Kier alpha value is -1.92. The standard InChI is InChI=1S/C17H17ClFNO3S/c1-4-11-7-15(24-10(11)3)17(22)23-9(2)16(21)20-14-6-5-12(19)8-13(14)18/h5-9H,4H2,1-3H3,(H,20,21). The van der Waals surface area contributed by atoms with Crippen LogP contribution in [0.25, 0.3) is 0 Å². The Labute approximate surface area is 148 Å². The lowest BCUT2D eigenvalue weighted by atomic mass is 10.2. The first kappa shape index (κ1) is 18.4. The first-order chi connectivity index (χ1) is 11.3. The van der Waals surface area contributed by atoms with E-state index in [-0.39, 0.29) is 10.7 Å². The van der Waals surface area contributed by atoms with Gasteiger partial charge in [-0.05, 0) is 50.1 Å². The van der Waals surface area contributed by atoms with E-state index in [0.29, 0.717) is 4.88 Å². The quantitative estimate of drug-likeness (QED) is 0.784. The van der Waals surface area contributed by atoms with Crippen molar-refractivity contribution in [1.29, 1.82) is 0 Å². The van der Waals surface area contributed by atoms with E-state index in [1.807, 2.05) is 13.8 Å². The molecule has 0 bridgehead atoms. The minimum absolute atomic E-state index is 0.0725. The van der Waals surface area contributed by atoms with Crippen LogP contribution in [0.4, 0.5) is 10.1 Å². The number of esters is 1. The molecule has 0 saturated heterocycles. The summed E-state index contributed by atoms with van der Waals surface area (Å²) in [6.45, 7) is 5.41. The molecular formula is C17H17ClFNO3S. The third kappa shape index (κ3) is 4.33. The number of ether oxygens (including phenoxy) is 1. The average Bonchev–Trinajstić information content (AvgIpc) is 2.91. The number of aryl methyl sites for hydroxylation is 2. The van der Waals surface area contributed by atoms with Gasteiger partial charge in [0.1, 0.15) is 10.7 Å². The van der Waals surface area contributed by atoms with Crippen molar-refractivity contribution in [2.75, 3.05) is 5.32 Å². The van der Waals surface area contributed by atoms with Crippen molar-refractivity contribution in [3.8, 4) is 0 Å². The molecule has 24 heavy (non-hydrogen) atoms. The highest BCUT2D eigenvalue weighted by atomic mass is 35.5. The summed E-state index contributed by atoms with van der Waals surface area (Å²) in [5, 5.41) is 2.58. The van der Waals surface area contributed by atoms with Gasteiger partial charge in [0.25, 0.3) is 5.91 Å².